The second-order valence-corrected chi connectivity index (χ2v) is 7.33. The number of aromatic hydroxyl groups is 1. The summed E-state index contributed by atoms with van der Waals surface area (Å²) in [6.45, 7) is 2.95. The lowest BCUT2D eigenvalue weighted by Crippen LogP contribution is -2.54. The van der Waals surface area contributed by atoms with Gasteiger partial charge in [0.2, 0.25) is 10.0 Å². The number of hydrogen-bond acceptors (Lipinski definition) is 5. The second-order valence-electron chi connectivity index (χ2n) is 5.35. The van der Waals surface area contributed by atoms with Crippen LogP contribution in [0, 0.1) is 0 Å². The third-order valence-corrected chi connectivity index (χ3v) is 4.77. The van der Waals surface area contributed by atoms with Crippen LogP contribution in [0.4, 0.5) is 4.79 Å². The highest BCUT2D eigenvalue weighted by molar-refractivity contribution is 7.88. The average molecular weight is 343 g/mol. The number of amides is 2. The molecule has 2 N–H and O–H groups in total. The van der Waals surface area contributed by atoms with Crippen molar-refractivity contribution in [3.63, 3.8) is 0 Å². The van der Waals surface area contributed by atoms with Crippen molar-refractivity contribution >= 4 is 16.1 Å². The van der Waals surface area contributed by atoms with Gasteiger partial charge >= 0.3 is 6.03 Å². The van der Waals surface area contributed by atoms with Gasteiger partial charge in [-0.15, -0.1) is 0 Å². The van der Waals surface area contributed by atoms with E-state index in [1.54, 1.807) is 24.0 Å². The van der Waals surface area contributed by atoms with Crippen LogP contribution in [0.5, 0.6) is 11.5 Å². The van der Waals surface area contributed by atoms with Crippen LogP contribution in [-0.4, -0.2) is 67.4 Å². The van der Waals surface area contributed by atoms with Gasteiger partial charge in [-0.1, -0.05) is 0 Å². The Hall–Kier alpha value is -2.00. The van der Waals surface area contributed by atoms with Gasteiger partial charge in [0.05, 0.1) is 6.26 Å². The van der Waals surface area contributed by atoms with Crippen molar-refractivity contribution in [1.29, 1.82) is 0 Å². The summed E-state index contributed by atoms with van der Waals surface area (Å²) in [5.74, 6) is 0.662. The summed E-state index contributed by atoms with van der Waals surface area (Å²) in [7, 11) is -3.21. The van der Waals surface area contributed by atoms with E-state index in [0.717, 1.165) is 6.26 Å². The van der Waals surface area contributed by atoms with Gasteiger partial charge in [-0.2, -0.15) is 4.31 Å². The number of benzene rings is 1. The summed E-state index contributed by atoms with van der Waals surface area (Å²) in [5.41, 5.74) is 0. The molecule has 9 heteroatoms. The topological polar surface area (TPSA) is 99.2 Å². The highest BCUT2D eigenvalue weighted by Gasteiger charge is 2.26. The van der Waals surface area contributed by atoms with Gasteiger partial charge in [0.25, 0.3) is 0 Å². The molecule has 0 bridgehead atoms. The van der Waals surface area contributed by atoms with E-state index < -0.39 is 16.3 Å². The number of piperazine rings is 1. The van der Waals surface area contributed by atoms with Crippen molar-refractivity contribution in [1.82, 2.24) is 14.5 Å². The third-order valence-electron chi connectivity index (χ3n) is 3.47. The van der Waals surface area contributed by atoms with Gasteiger partial charge in [0.1, 0.15) is 11.5 Å². The predicted molar refractivity (Wildman–Crippen MR) is 84.7 cm³/mol. The number of hydrogen-bond donors (Lipinski definition) is 2. The standard InChI is InChI=1S/C14H21N3O5S/c1-11(22-13-5-3-12(18)4-6-13)15-14(19)16-7-9-17(10-8-16)23(2,20)21/h3-6,11,18H,7-10H2,1-2H3,(H,15,19). The minimum atomic E-state index is -3.21. The SMILES string of the molecule is CC(NC(=O)N1CCN(S(C)(=O)=O)CC1)Oc1ccc(O)cc1. The number of sulfonamides is 1. The molecule has 1 aliphatic heterocycles. The maximum atomic E-state index is 12.1. The average Bonchev–Trinajstić information content (AvgIpc) is 2.49. The fraction of sp³-hybridized carbons (Fsp3) is 0.500. The van der Waals surface area contributed by atoms with Crippen molar-refractivity contribution in [2.45, 2.75) is 13.2 Å². The number of nitrogens with one attached hydrogen (secondary N) is 1. The highest BCUT2D eigenvalue weighted by Crippen LogP contribution is 2.16. The lowest BCUT2D eigenvalue weighted by molar-refractivity contribution is 0.140. The van der Waals surface area contributed by atoms with E-state index in [0.29, 0.717) is 31.9 Å². The van der Waals surface area contributed by atoms with Gasteiger partial charge in [-0.25, -0.2) is 13.2 Å². The molecule has 23 heavy (non-hydrogen) atoms. The van der Waals surface area contributed by atoms with E-state index in [4.69, 9.17) is 4.74 Å². The first-order chi connectivity index (χ1) is 10.8. The molecule has 0 spiro atoms. The van der Waals surface area contributed by atoms with Crippen molar-refractivity contribution < 1.29 is 23.1 Å². The lowest BCUT2D eigenvalue weighted by atomic mass is 10.3. The Bertz CT molecular complexity index is 639. The summed E-state index contributed by atoms with van der Waals surface area (Å²) in [6.07, 6.45) is 0.607. The van der Waals surface area contributed by atoms with Crippen LogP contribution in [0.3, 0.4) is 0 Å². The molecule has 0 aromatic heterocycles. The van der Waals surface area contributed by atoms with Gasteiger partial charge < -0.3 is 20.1 Å². The molecule has 1 unspecified atom stereocenters. The van der Waals surface area contributed by atoms with Crippen LogP contribution in [0.15, 0.2) is 24.3 Å². The zero-order valence-corrected chi connectivity index (χ0v) is 13.9. The Morgan fingerprint density at radius 3 is 2.30 bits per heavy atom. The highest BCUT2D eigenvalue weighted by atomic mass is 32.2. The van der Waals surface area contributed by atoms with E-state index in [1.807, 2.05) is 0 Å². The van der Waals surface area contributed by atoms with E-state index in [-0.39, 0.29) is 11.8 Å². The number of carbonyl (C=O) groups excluding carboxylic acids is 1. The number of rotatable bonds is 4. The van der Waals surface area contributed by atoms with Gasteiger partial charge in [0.15, 0.2) is 6.23 Å². The number of urea groups is 1. The van der Waals surface area contributed by atoms with Gasteiger partial charge in [-0.05, 0) is 31.2 Å². The zero-order chi connectivity index (χ0) is 17.0. The number of ether oxygens (including phenoxy) is 1. The van der Waals surface area contributed by atoms with Crippen LogP contribution in [-0.2, 0) is 10.0 Å². The normalized spacial score (nSPS) is 17.6. The second kappa shape index (κ2) is 7.05. The summed E-state index contributed by atoms with van der Waals surface area (Å²) in [4.78, 5) is 13.7. The van der Waals surface area contributed by atoms with E-state index >= 15 is 0 Å². The third kappa shape index (κ3) is 5.00. The molecule has 2 amide bonds. The van der Waals surface area contributed by atoms with Crippen molar-refractivity contribution in [3.05, 3.63) is 24.3 Å². The number of phenols is 1. The first-order valence-corrected chi connectivity index (χ1v) is 9.07. The van der Waals surface area contributed by atoms with Crippen molar-refractivity contribution in [2.24, 2.45) is 0 Å². The molecular formula is C14H21N3O5S. The fourth-order valence-electron chi connectivity index (χ4n) is 2.25. The zero-order valence-electron chi connectivity index (χ0n) is 13.1. The molecule has 1 atom stereocenters. The minimum Gasteiger partial charge on any atom is -0.508 e. The minimum absolute atomic E-state index is 0.137. The summed E-state index contributed by atoms with van der Waals surface area (Å²) < 4.78 is 29.8. The largest absolute Gasteiger partial charge is 0.508 e. The molecule has 1 aromatic rings. The number of phenolic OH excluding ortho intramolecular Hbond substituents is 1. The summed E-state index contributed by atoms with van der Waals surface area (Å²) in [6, 6.07) is 5.89. The van der Waals surface area contributed by atoms with Crippen LogP contribution in [0.2, 0.25) is 0 Å². The first kappa shape index (κ1) is 17.4. The Kier molecular flexibility index (Phi) is 5.32. The van der Waals surface area contributed by atoms with Crippen LogP contribution < -0.4 is 10.1 Å². The molecule has 8 nitrogen and oxygen atoms in total. The molecule has 128 valence electrons. The van der Waals surface area contributed by atoms with Crippen LogP contribution in [0.25, 0.3) is 0 Å². The number of carbonyl (C=O) groups is 1. The molecule has 1 saturated heterocycles. The van der Waals surface area contributed by atoms with Gasteiger partial charge in [-0.3, -0.25) is 0 Å². The van der Waals surface area contributed by atoms with Crippen molar-refractivity contribution in [2.75, 3.05) is 32.4 Å². The monoisotopic (exact) mass is 343 g/mol. The van der Waals surface area contributed by atoms with E-state index in [2.05, 4.69) is 5.32 Å². The molecule has 1 fully saturated rings. The molecular weight excluding hydrogens is 322 g/mol. The molecule has 0 radical (unpaired) electrons. The molecule has 0 saturated carbocycles. The maximum absolute atomic E-state index is 12.1. The summed E-state index contributed by atoms with van der Waals surface area (Å²) in [5, 5.41) is 11.9. The fourth-order valence-corrected chi connectivity index (χ4v) is 3.07. The smallest absolute Gasteiger partial charge is 0.320 e. The molecule has 0 aliphatic carbocycles. The van der Waals surface area contributed by atoms with Gasteiger partial charge in [0, 0.05) is 26.2 Å². The molecule has 1 aromatic carbocycles. The van der Waals surface area contributed by atoms with E-state index in [9.17, 15) is 18.3 Å². The quantitative estimate of drug-likeness (QED) is 0.771. The molecule has 1 aliphatic rings. The lowest BCUT2D eigenvalue weighted by Gasteiger charge is -2.33. The Morgan fingerprint density at radius 2 is 1.78 bits per heavy atom. The van der Waals surface area contributed by atoms with Crippen LogP contribution in [0.1, 0.15) is 6.92 Å². The van der Waals surface area contributed by atoms with E-state index in [1.165, 1.54) is 16.4 Å². The Morgan fingerprint density at radius 1 is 1.22 bits per heavy atom. The maximum Gasteiger partial charge on any atom is 0.320 e. The van der Waals surface area contributed by atoms with Crippen LogP contribution >= 0.6 is 0 Å². The molecule has 1 heterocycles. The summed E-state index contributed by atoms with van der Waals surface area (Å²) >= 11 is 0. The molecule has 2 rings (SSSR count). The Balaban J connectivity index is 1.81. The van der Waals surface area contributed by atoms with Crippen molar-refractivity contribution in [3.8, 4) is 11.5 Å². The first-order valence-electron chi connectivity index (χ1n) is 7.22. The predicted octanol–water partition coefficient (Wildman–Crippen LogP) is 0.404. The Labute approximate surface area is 135 Å². The number of nitrogens with zero attached hydrogens (tertiary/aromatic N) is 2.